The van der Waals surface area contributed by atoms with Crippen LogP contribution in [0.4, 0.5) is 0 Å². The van der Waals surface area contributed by atoms with Gasteiger partial charge >= 0.3 is 0 Å². The van der Waals surface area contributed by atoms with Gasteiger partial charge in [-0.25, -0.2) is 8.42 Å². The molecular formula is C36H38N2O5S. The molecule has 1 saturated heterocycles. The first kappa shape index (κ1) is 31.0. The van der Waals surface area contributed by atoms with Gasteiger partial charge in [0.25, 0.3) is 11.8 Å². The van der Waals surface area contributed by atoms with Crippen molar-refractivity contribution in [1.29, 1.82) is 0 Å². The topological polar surface area (TPSA) is 84.0 Å². The summed E-state index contributed by atoms with van der Waals surface area (Å²) in [5.74, 6) is 0.333. The minimum Gasteiger partial charge on any atom is -0.495 e. The van der Waals surface area contributed by atoms with Gasteiger partial charge in [-0.05, 0) is 84.3 Å². The van der Waals surface area contributed by atoms with Crippen molar-refractivity contribution in [2.24, 2.45) is 5.92 Å². The average molecular weight is 611 g/mol. The van der Waals surface area contributed by atoms with Crippen LogP contribution in [-0.4, -0.2) is 64.3 Å². The molecule has 0 spiro atoms. The zero-order valence-corrected chi connectivity index (χ0v) is 26.4. The van der Waals surface area contributed by atoms with Gasteiger partial charge in [0.2, 0.25) is 0 Å². The Kier molecular flexibility index (Phi) is 9.20. The Morgan fingerprint density at radius 2 is 1.57 bits per heavy atom. The smallest absolute Gasteiger partial charge is 0.253 e. The van der Waals surface area contributed by atoms with E-state index in [9.17, 15) is 18.0 Å². The zero-order valence-electron chi connectivity index (χ0n) is 25.6. The van der Waals surface area contributed by atoms with Crippen molar-refractivity contribution >= 4 is 21.7 Å². The molecule has 0 aliphatic carbocycles. The Labute approximate surface area is 260 Å². The second-order valence-corrected chi connectivity index (χ2v) is 13.7. The summed E-state index contributed by atoms with van der Waals surface area (Å²) in [6.45, 7) is 3.38. The number of amides is 2. The van der Waals surface area contributed by atoms with Crippen molar-refractivity contribution < 1.29 is 22.7 Å². The maximum absolute atomic E-state index is 13.8. The second kappa shape index (κ2) is 13.1. The minimum absolute atomic E-state index is 0.0586. The van der Waals surface area contributed by atoms with Gasteiger partial charge in [-0.3, -0.25) is 9.59 Å². The fourth-order valence-electron chi connectivity index (χ4n) is 5.81. The summed E-state index contributed by atoms with van der Waals surface area (Å²) >= 11 is 0. The number of nitrogens with zero attached hydrogens (tertiary/aromatic N) is 2. The lowest BCUT2D eigenvalue weighted by Gasteiger charge is -2.17. The van der Waals surface area contributed by atoms with Crippen LogP contribution in [0.3, 0.4) is 0 Å². The molecule has 5 rings (SSSR count). The molecule has 7 nitrogen and oxygen atoms in total. The van der Waals surface area contributed by atoms with Crippen molar-refractivity contribution in [2.75, 3.05) is 34.3 Å². The molecule has 1 atom stereocenters. The number of rotatable bonds is 9. The van der Waals surface area contributed by atoms with E-state index in [-0.39, 0.29) is 28.2 Å². The van der Waals surface area contributed by atoms with E-state index in [0.717, 1.165) is 29.5 Å². The van der Waals surface area contributed by atoms with Crippen LogP contribution in [0.15, 0.2) is 95.9 Å². The number of ether oxygens (including phenoxy) is 1. The van der Waals surface area contributed by atoms with Gasteiger partial charge < -0.3 is 14.5 Å². The lowest BCUT2D eigenvalue weighted by atomic mass is 9.97. The van der Waals surface area contributed by atoms with E-state index in [1.807, 2.05) is 66.4 Å². The SMILES string of the molecule is COc1ccc(-c2cccc(C(=O)N(C)C)c2)cc1S(=O)(=O)Cc1cccc(C[C@H]2CCN(C(=O)c3cccc(C)c3)C2)c1. The van der Waals surface area contributed by atoms with E-state index in [2.05, 4.69) is 0 Å². The number of aryl methyl sites for hydroxylation is 1. The number of sulfone groups is 1. The molecule has 228 valence electrons. The third-order valence-corrected chi connectivity index (χ3v) is 9.76. The van der Waals surface area contributed by atoms with Crippen LogP contribution in [0.5, 0.6) is 5.75 Å². The minimum atomic E-state index is -3.78. The number of carbonyl (C=O) groups is 2. The predicted octanol–water partition coefficient (Wildman–Crippen LogP) is 6.05. The Balaban J connectivity index is 1.31. The second-order valence-electron chi connectivity index (χ2n) is 11.7. The monoisotopic (exact) mass is 610 g/mol. The summed E-state index contributed by atoms with van der Waals surface area (Å²) in [7, 11) is 1.07. The maximum atomic E-state index is 13.8. The fraction of sp³-hybridized carbons (Fsp3) is 0.278. The molecular weight excluding hydrogens is 572 g/mol. The lowest BCUT2D eigenvalue weighted by molar-refractivity contribution is 0.0785. The highest BCUT2D eigenvalue weighted by atomic mass is 32.2. The van der Waals surface area contributed by atoms with Crippen LogP contribution in [0, 0.1) is 12.8 Å². The maximum Gasteiger partial charge on any atom is 0.253 e. The third kappa shape index (κ3) is 7.03. The Bertz CT molecular complexity index is 1800. The van der Waals surface area contributed by atoms with Gasteiger partial charge in [-0.1, -0.05) is 60.2 Å². The highest BCUT2D eigenvalue weighted by Crippen LogP contribution is 2.33. The summed E-state index contributed by atoms with van der Waals surface area (Å²) in [4.78, 5) is 29.0. The molecule has 0 unspecified atom stereocenters. The highest BCUT2D eigenvalue weighted by Gasteiger charge is 2.27. The summed E-state index contributed by atoms with van der Waals surface area (Å²) in [5.41, 5.74) is 5.47. The van der Waals surface area contributed by atoms with Gasteiger partial charge in [-0.15, -0.1) is 0 Å². The van der Waals surface area contributed by atoms with Crippen molar-refractivity contribution in [3.05, 3.63) is 119 Å². The van der Waals surface area contributed by atoms with E-state index in [1.54, 1.807) is 50.5 Å². The molecule has 0 radical (unpaired) electrons. The Hall–Kier alpha value is -4.43. The van der Waals surface area contributed by atoms with Crippen LogP contribution < -0.4 is 4.74 Å². The first-order chi connectivity index (χ1) is 21.0. The lowest BCUT2D eigenvalue weighted by Crippen LogP contribution is -2.29. The molecule has 8 heteroatoms. The van der Waals surface area contributed by atoms with Gasteiger partial charge in [0.05, 0.1) is 12.9 Å². The zero-order chi connectivity index (χ0) is 31.4. The van der Waals surface area contributed by atoms with Crippen LogP contribution in [0.25, 0.3) is 11.1 Å². The summed E-state index contributed by atoms with van der Waals surface area (Å²) in [6.07, 6.45) is 1.68. The van der Waals surface area contributed by atoms with Crippen molar-refractivity contribution in [1.82, 2.24) is 9.80 Å². The van der Waals surface area contributed by atoms with E-state index in [4.69, 9.17) is 4.74 Å². The van der Waals surface area contributed by atoms with Gasteiger partial charge in [0.1, 0.15) is 10.6 Å². The Morgan fingerprint density at radius 3 is 2.32 bits per heavy atom. The number of methoxy groups -OCH3 is 1. The van der Waals surface area contributed by atoms with Gasteiger partial charge in [0, 0.05) is 38.3 Å². The largest absolute Gasteiger partial charge is 0.495 e. The molecule has 4 aromatic carbocycles. The fourth-order valence-corrected chi connectivity index (χ4v) is 7.35. The number of hydrogen-bond acceptors (Lipinski definition) is 5. The van der Waals surface area contributed by atoms with E-state index in [0.29, 0.717) is 41.3 Å². The average Bonchev–Trinajstić information content (AvgIpc) is 3.48. The summed E-state index contributed by atoms with van der Waals surface area (Å²) in [6, 6.07) is 27.6. The first-order valence-electron chi connectivity index (χ1n) is 14.7. The number of hydrogen-bond donors (Lipinski definition) is 0. The van der Waals surface area contributed by atoms with Crippen LogP contribution >= 0.6 is 0 Å². The third-order valence-electron chi connectivity index (χ3n) is 8.06. The molecule has 1 heterocycles. The molecule has 0 bridgehead atoms. The molecule has 0 N–H and O–H groups in total. The van der Waals surface area contributed by atoms with E-state index in [1.165, 1.54) is 12.0 Å². The molecule has 2 amide bonds. The molecule has 1 aliphatic rings. The highest BCUT2D eigenvalue weighted by molar-refractivity contribution is 7.90. The van der Waals surface area contributed by atoms with Crippen molar-refractivity contribution in [2.45, 2.75) is 30.4 Å². The first-order valence-corrected chi connectivity index (χ1v) is 16.4. The molecule has 0 aromatic heterocycles. The van der Waals surface area contributed by atoms with Crippen molar-refractivity contribution in [3.8, 4) is 16.9 Å². The predicted molar refractivity (Wildman–Crippen MR) is 173 cm³/mol. The molecule has 44 heavy (non-hydrogen) atoms. The molecule has 4 aromatic rings. The number of benzene rings is 4. The molecule has 1 aliphatic heterocycles. The number of carbonyl (C=O) groups excluding carboxylic acids is 2. The van der Waals surface area contributed by atoms with E-state index >= 15 is 0 Å². The number of likely N-dealkylation sites (tertiary alicyclic amines) is 1. The van der Waals surface area contributed by atoms with Crippen LogP contribution in [-0.2, 0) is 22.0 Å². The van der Waals surface area contributed by atoms with E-state index < -0.39 is 9.84 Å². The quantitative estimate of drug-likeness (QED) is 0.230. The normalized spacial score (nSPS) is 14.8. The molecule has 0 saturated carbocycles. The van der Waals surface area contributed by atoms with Gasteiger partial charge in [0.15, 0.2) is 9.84 Å². The van der Waals surface area contributed by atoms with Gasteiger partial charge in [-0.2, -0.15) is 0 Å². The Morgan fingerprint density at radius 1 is 0.864 bits per heavy atom. The summed E-state index contributed by atoms with van der Waals surface area (Å²) in [5, 5.41) is 0. The van der Waals surface area contributed by atoms with Crippen LogP contribution in [0.2, 0.25) is 0 Å². The summed E-state index contributed by atoms with van der Waals surface area (Å²) < 4.78 is 33.0. The van der Waals surface area contributed by atoms with Crippen molar-refractivity contribution in [3.63, 3.8) is 0 Å². The van der Waals surface area contributed by atoms with Crippen LogP contribution in [0.1, 0.15) is 43.8 Å². The standard InChI is InChI=1S/C36H38N2O5S/c1-25-8-5-12-31(18-25)36(40)38-17-16-27(23-38)19-26-9-6-10-28(20-26)24-44(41,42)34-22-30(14-15-33(34)43-4)29-11-7-13-32(21-29)35(39)37(2)3/h5-15,18,20-22,27H,16-17,19,23-24H2,1-4H3/t27-/m1/s1. The molecule has 1 fully saturated rings.